The average Bonchev–Trinajstić information content (AvgIpc) is 2.01. The maximum atomic E-state index is 9.29. The third kappa shape index (κ3) is 2.64. The van der Waals surface area contributed by atoms with Crippen LogP contribution in [-0.4, -0.2) is 22.9 Å². The Hall–Kier alpha value is -1.22. The van der Waals surface area contributed by atoms with Crippen LogP contribution in [-0.2, 0) is 0 Å². The van der Waals surface area contributed by atoms with Crippen molar-refractivity contribution in [3.63, 3.8) is 0 Å². The normalized spacial score (nSPS) is 12.6. The van der Waals surface area contributed by atoms with Gasteiger partial charge in [0.05, 0.1) is 6.10 Å². The van der Waals surface area contributed by atoms with Gasteiger partial charge in [-0.3, -0.25) is 0 Å². The Balaban J connectivity index is 2.86. The van der Waals surface area contributed by atoms with Gasteiger partial charge in [-0.2, -0.15) is 0 Å². The molecular weight excluding hydrogens is 180 g/mol. The zero-order chi connectivity index (χ0) is 10.7. The Bertz CT molecular complexity index is 295. The molecule has 78 valence electrons. The topological polar surface area (TPSA) is 49.7 Å². The predicted molar refractivity (Wildman–Crippen MR) is 54.8 cm³/mol. The van der Waals surface area contributed by atoms with Gasteiger partial charge in [-0.05, 0) is 44.0 Å². The summed E-state index contributed by atoms with van der Waals surface area (Å²) in [5, 5.41) is 18.4. The van der Waals surface area contributed by atoms with E-state index in [4.69, 9.17) is 9.84 Å². The van der Waals surface area contributed by atoms with Gasteiger partial charge < -0.3 is 14.9 Å². The molecule has 3 heteroatoms. The Morgan fingerprint density at radius 1 is 1.29 bits per heavy atom. The second kappa shape index (κ2) is 4.33. The van der Waals surface area contributed by atoms with Gasteiger partial charge in [0.15, 0.2) is 0 Å². The van der Waals surface area contributed by atoms with Crippen LogP contribution in [0.1, 0.15) is 18.1 Å². The minimum absolute atomic E-state index is 0.240. The van der Waals surface area contributed by atoms with Gasteiger partial charge in [0.25, 0.3) is 0 Å². The van der Waals surface area contributed by atoms with E-state index < -0.39 is 6.10 Å². The Kier molecular flexibility index (Phi) is 3.36. The summed E-state index contributed by atoms with van der Waals surface area (Å²) in [4.78, 5) is 0. The van der Waals surface area contributed by atoms with E-state index in [0.29, 0.717) is 0 Å². The van der Waals surface area contributed by atoms with E-state index in [-0.39, 0.29) is 12.4 Å². The highest BCUT2D eigenvalue weighted by Gasteiger charge is 2.06. The van der Waals surface area contributed by atoms with Crippen molar-refractivity contribution in [2.24, 2.45) is 0 Å². The van der Waals surface area contributed by atoms with Crippen LogP contribution in [0.25, 0.3) is 0 Å². The summed E-state index contributed by atoms with van der Waals surface area (Å²) >= 11 is 0. The lowest BCUT2D eigenvalue weighted by molar-refractivity contribution is 0.122. The van der Waals surface area contributed by atoms with E-state index >= 15 is 0 Å². The number of aliphatic hydroxyl groups is 1. The van der Waals surface area contributed by atoms with E-state index in [9.17, 15) is 5.11 Å². The van der Waals surface area contributed by atoms with E-state index in [2.05, 4.69) is 0 Å². The SMILES string of the molecule is Cc1cc(O)cc(C)c1OC[C@H](C)O. The van der Waals surface area contributed by atoms with Gasteiger partial charge in [0.2, 0.25) is 0 Å². The molecule has 0 fully saturated rings. The van der Waals surface area contributed by atoms with Crippen molar-refractivity contribution in [3.8, 4) is 11.5 Å². The number of phenolic OH excluding ortho intramolecular Hbond substituents is 1. The molecule has 0 heterocycles. The van der Waals surface area contributed by atoms with Crippen molar-refractivity contribution in [3.05, 3.63) is 23.3 Å². The van der Waals surface area contributed by atoms with E-state index in [0.717, 1.165) is 16.9 Å². The van der Waals surface area contributed by atoms with Crippen LogP contribution in [0, 0.1) is 13.8 Å². The molecule has 0 amide bonds. The molecule has 0 saturated carbocycles. The van der Waals surface area contributed by atoms with Crippen LogP contribution in [0.2, 0.25) is 0 Å². The molecule has 1 rings (SSSR count). The minimum Gasteiger partial charge on any atom is -0.508 e. The molecule has 3 nitrogen and oxygen atoms in total. The van der Waals surface area contributed by atoms with E-state index in [1.54, 1.807) is 19.1 Å². The minimum atomic E-state index is -0.484. The van der Waals surface area contributed by atoms with Crippen molar-refractivity contribution in [1.82, 2.24) is 0 Å². The number of phenols is 1. The van der Waals surface area contributed by atoms with Crippen LogP contribution in [0.15, 0.2) is 12.1 Å². The lowest BCUT2D eigenvalue weighted by Crippen LogP contribution is -2.13. The third-order valence-electron chi connectivity index (χ3n) is 1.91. The van der Waals surface area contributed by atoms with Crippen molar-refractivity contribution in [1.29, 1.82) is 0 Å². The summed E-state index contributed by atoms with van der Waals surface area (Å²) < 4.78 is 5.42. The van der Waals surface area contributed by atoms with Crippen molar-refractivity contribution < 1.29 is 14.9 Å². The molecule has 0 bridgehead atoms. The second-order valence-electron chi connectivity index (χ2n) is 3.57. The number of hydrogen-bond donors (Lipinski definition) is 2. The highest BCUT2D eigenvalue weighted by Crippen LogP contribution is 2.27. The first-order valence-corrected chi connectivity index (χ1v) is 4.61. The van der Waals surface area contributed by atoms with Gasteiger partial charge in [-0.25, -0.2) is 0 Å². The fraction of sp³-hybridized carbons (Fsp3) is 0.455. The maximum Gasteiger partial charge on any atom is 0.125 e. The Morgan fingerprint density at radius 3 is 2.21 bits per heavy atom. The van der Waals surface area contributed by atoms with Crippen LogP contribution in [0.5, 0.6) is 11.5 Å². The van der Waals surface area contributed by atoms with Crippen molar-refractivity contribution >= 4 is 0 Å². The summed E-state index contributed by atoms with van der Waals surface area (Å²) in [6.45, 7) is 5.67. The first-order chi connectivity index (χ1) is 6.50. The molecule has 0 spiro atoms. The molecule has 0 aliphatic rings. The standard InChI is InChI=1S/C11H16O3/c1-7-4-10(13)5-8(2)11(7)14-6-9(3)12/h4-5,9,12-13H,6H2,1-3H3/t9-/m0/s1. The molecule has 1 aromatic rings. The Morgan fingerprint density at radius 2 is 1.79 bits per heavy atom. The number of aryl methyl sites for hydroxylation is 2. The molecule has 0 aromatic heterocycles. The Labute approximate surface area is 84.0 Å². The van der Waals surface area contributed by atoms with Gasteiger partial charge in [0, 0.05) is 0 Å². The lowest BCUT2D eigenvalue weighted by Gasteiger charge is -2.13. The monoisotopic (exact) mass is 196 g/mol. The number of ether oxygens (including phenoxy) is 1. The number of benzene rings is 1. The summed E-state index contributed by atoms with van der Waals surface area (Å²) in [5.41, 5.74) is 1.76. The molecule has 1 atom stereocenters. The summed E-state index contributed by atoms with van der Waals surface area (Å²) in [6.07, 6.45) is -0.484. The van der Waals surface area contributed by atoms with Gasteiger partial charge in [-0.1, -0.05) is 0 Å². The third-order valence-corrected chi connectivity index (χ3v) is 1.91. The molecule has 0 aliphatic heterocycles. The lowest BCUT2D eigenvalue weighted by atomic mass is 10.1. The van der Waals surface area contributed by atoms with Crippen LogP contribution < -0.4 is 4.74 Å². The van der Waals surface area contributed by atoms with Gasteiger partial charge in [-0.15, -0.1) is 0 Å². The molecule has 1 aromatic carbocycles. The summed E-state index contributed by atoms with van der Waals surface area (Å²) in [7, 11) is 0. The number of hydrogen-bond acceptors (Lipinski definition) is 3. The number of aliphatic hydroxyl groups excluding tert-OH is 1. The molecule has 0 radical (unpaired) electrons. The number of rotatable bonds is 3. The van der Waals surface area contributed by atoms with Crippen LogP contribution in [0.4, 0.5) is 0 Å². The highest BCUT2D eigenvalue weighted by molar-refractivity contribution is 5.45. The predicted octanol–water partition coefficient (Wildman–Crippen LogP) is 1.77. The quantitative estimate of drug-likeness (QED) is 0.774. The zero-order valence-electron chi connectivity index (χ0n) is 8.74. The molecule has 0 aliphatic carbocycles. The smallest absolute Gasteiger partial charge is 0.125 e. The fourth-order valence-corrected chi connectivity index (χ4v) is 1.36. The summed E-state index contributed by atoms with van der Waals surface area (Å²) in [5.74, 6) is 0.980. The second-order valence-corrected chi connectivity index (χ2v) is 3.57. The molecule has 2 N–H and O–H groups in total. The molecular formula is C11H16O3. The van der Waals surface area contributed by atoms with Crippen molar-refractivity contribution in [2.45, 2.75) is 26.9 Å². The van der Waals surface area contributed by atoms with Gasteiger partial charge >= 0.3 is 0 Å². The van der Waals surface area contributed by atoms with Crippen LogP contribution >= 0.6 is 0 Å². The van der Waals surface area contributed by atoms with E-state index in [1.165, 1.54) is 0 Å². The highest BCUT2D eigenvalue weighted by atomic mass is 16.5. The number of aromatic hydroxyl groups is 1. The van der Waals surface area contributed by atoms with Crippen LogP contribution in [0.3, 0.4) is 0 Å². The van der Waals surface area contributed by atoms with Gasteiger partial charge in [0.1, 0.15) is 18.1 Å². The van der Waals surface area contributed by atoms with E-state index in [1.807, 2.05) is 13.8 Å². The fourth-order valence-electron chi connectivity index (χ4n) is 1.36. The molecule has 0 unspecified atom stereocenters. The molecule has 14 heavy (non-hydrogen) atoms. The molecule has 0 saturated heterocycles. The van der Waals surface area contributed by atoms with Crippen molar-refractivity contribution in [2.75, 3.05) is 6.61 Å². The first kappa shape index (κ1) is 10.9. The maximum absolute atomic E-state index is 9.29. The largest absolute Gasteiger partial charge is 0.508 e. The first-order valence-electron chi connectivity index (χ1n) is 4.61. The average molecular weight is 196 g/mol. The zero-order valence-corrected chi connectivity index (χ0v) is 8.74. The summed E-state index contributed by atoms with van der Waals surface area (Å²) in [6, 6.07) is 3.29.